The van der Waals surface area contributed by atoms with Crippen molar-refractivity contribution in [2.45, 2.75) is 31.9 Å². The Bertz CT molecular complexity index is 752. The molecule has 0 aliphatic heterocycles. The van der Waals surface area contributed by atoms with Crippen molar-refractivity contribution in [2.75, 3.05) is 5.32 Å². The van der Waals surface area contributed by atoms with Gasteiger partial charge in [-0.1, -0.05) is 12.1 Å². The summed E-state index contributed by atoms with van der Waals surface area (Å²) in [6, 6.07) is 6.90. The van der Waals surface area contributed by atoms with E-state index in [2.05, 4.69) is 10.4 Å². The third-order valence-corrected chi connectivity index (χ3v) is 3.94. The maximum atomic E-state index is 13.3. The molecule has 0 bridgehead atoms. The minimum absolute atomic E-state index is 0.0505. The zero-order valence-electron chi connectivity index (χ0n) is 12.2. The molecule has 1 heterocycles. The van der Waals surface area contributed by atoms with E-state index < -0.39 is 11.9 Å². The Labute approximate surface area is 136 Å². The van der Waals surface area contributed by atoms with E-state index in [1.165, 1.54) is 4.68 Å². The number of nitrogens with one attached hydrogen (secondary N) is 1. The van der Waals surface area contributed by atoms with Crippen molar-refractivity contribution in [1.82, 2.24) is 9.78 Å². The number of anilines is 1. The van der Waals surface area contributed by atoms with E-state index in [1.807, 2.05) is 0 Å². The number of nitrogens with two attached hydrogens (primary N) is 1. The number of rotatable bonds is 2. The molecule has 0 amide bonds. The van der Waals surface area contributed by atoms with Crippen molar-refractivity contribution in [3.05, 3.63) is 41.2 Å². The predicted octanol–water partition coefficient (Wildman–Crippen LogP) is 3.43. The number of benzene rings is 1. The van der Waals surface area contributed by atoms with Gasteiger partial charge in [0.1, 0.15) is 0 Å². The zero-order valence-corrected chi connectivity index (χ0v) is 13.0. The molecule has 8 heteroatoms. The summed E-state index contributed by atoms with van der Waals surface area (Å²) in [6.45, 7) is 0. The lowest BCUT2D eigenvalue weighted by Crippen LogP contribution is -2.20. The fourth-order valence-electron chi connectivity index (χ4n) is 2.92. The van der Waals surface area contributed by atoms with Gasteiger partial charge < -0.3 is 11.1 Å². The van der Waals surface area contributed by atoms with Gasteiger partial charge in [0.2, 0.25) is 0 Å². The lowest BCUT2D eigenvalue weighted by Gasteiger charge is -2.16. The van der Waals surface area contributed by atoms with E-state index in [1.54, 1.807) is 24.3 Å². The van der Waals surface area contributed by atoms with E-state index in [4.69, 9.17) is 18.0 Å². The molecule has 0 atom stereocenters. The molecule has 1 aromatic carbocycles. The van der Waals surface area contributed by atoms with Crippen LogP contribution in [0.5, 0.6) is 0 Å². The maximum Gasteiger partial charge on any atom is 0.435 e. The molecule has 0 unspecified atom stereocenters. The molecular weight excluding hydrogens is 325 g/mol. The molecule has 1 aromatic heterocycles. The largest absolute Gasteiger partial charge is 0.435 e. The van der Waals surface area contributed by atoms with E-state index in [-0.39, 0.29) is 5.11 Å². The molecular formula is C15H15F3N4S. The molecule has 3 N–H and O–H groups in total. The van der Waals surface area contributed by atoms with E-state index in [9.17, 15) is 13.2 Å². The first kappa shape index (κ1) is 15.8. The highest BCUT2D eigenvalue weighted by Gasteiger charge is 2.39. The SMILES string of the molecule is NC(=S)Nc1ccccc1-n1nc(C(F)(F)F)c2c1CCCC2. The van der Waals surface area contributed by atoms with Crippen molar-refractivity contribution >= 4 is 23.0 Å². The average molecular weight is 340 g/mol. The second kappa shape index (κ2) is 5.84. The van der Waals surface area contributed by atoms with Crippen LogP contribution in [0.4, 0.5) is 18.9 Å². The Balaban J connectivity index is 2.18. The average Bonchev–Trinajstić information content (AvgIpc) is 2.87. The summed E-state index contributed by atoms with van der Waals surface area (Å²) in [5.74, 6) is 0. The summed E-state index contributed by atoms with van der Waals surface area (Å²) >= 11 is 4.83. The first-order chi connectivity index (χ1) is 10.9. The highest BCUT2D eigenvalue weighted by Crippen LogP contribution is 2.37. The zero-order chi connectivity index (χ0) is 16.6. The minimum atomic E-state index is -4.46. The molecule has 3 rings (SSSR count). The number of alkyl halides is 3. The van der Waals surface area contributed by atoms with Gasteiger partial charge in [-0.2, -0.15) is 18.3 Å². The number of fused-ring (bicyclic) bond motifs is 1. The fourth-order valence-corrected chi connectivity index (χ4v) is 3.03. The molecule has 122 valence electrons. The van der Waals surface area contributed by atoms with E-state index in [0.29, 0.717) is 35.5 Å². The summed E-state index contributed by atoms with van der Waals surface area (Å²) in [5, 5.41) is 6.71. The Morgan fingerprint density at radius 3 is 2.61 bits per heavy atom. The second-order valence-electron chi connectivity index (χ2n) is 5.40. The normalized spacial score (nSPS) is 14.4. The number of hydrogen-bond donors (Lipinski definition) is 2. The van der Waals surface area contributed by atoms with Crippen LogP contribution in [0.25, 0.3) is 5.69 Å². The first-order valence-corrected chi connectivity index (χ1v) is 7.62. The van der Waals surface area contributed by atoms with Crippen LogP contribution in [0.3, 0.4) is 0 Å². The lowest BCUT2D eigenvalue weighted by atomic mass is 9.95. The molecule has 0 saturated heterocycles. The number of thiocarbonyl (C=S) groups is 1. The monoisotopic (exact) mass is 340 g/mol. The van der Waals surface area contributed by atoms with Crippen LogP contribution in [-0.4, -0.2) is 14.9 Å². The standard InChI is InChI=1S/C15H15F3N4S/c16-15(17,18)13-9-5-1-3-7-11(9)22(21-13)12-8-4-2-6-10(12)20-14(19)23/h2,4,6,8H,1,3,5,7H2,(H3,19,20,23). The maximum absolute atomic E-state index is 13.3. The number of halogens is 3. The Morgan fingerprint density at radius 1 is 1.22 bits per heavy atom. The smallest absolute Gasteiger partial charge is 0.376 e. The van der Waals surface area contributed by atoms with Crippen LogP contribution in [0.1, 0.15) is 29.8 Å². The van der Waals surface area contributed by atoms with Gasteiger partial charge in [0.05, 0.1) is 11.4 Å². The van der Waals surface area contributed by atoms with Gasteiger partial charge in [0.15, 0.2) is 10.8 Å². The summed E-state index contributed by atoms with van der Waals surface area (Å²) in [5.41, 5.74) is 6.65. The van der Waals surface area contributed by atoms with Gasteiger partial charge in [-0.05, 0) is 50.0 Å². The fraction of sp³-hybridized carbons (Fsp3) is 0.333. The van der Waals surface area contributed by atoms with Crippen LogP contribution in [0.2, 0.25) is 0 Å². The summed E-state index contributed by atoms with van der Waals surface area (Å²) < 4.78 is 41.2. The minimum Gasteiger partial charge on any atom is -0.376 e. The molecule has 0 fully saturated rings. The Kier molecular flexibility index (Phi) is 4.01. The van der Waals surface area contributed by atoms with Crippen molar-refractivity contribution < 1.29 is 13.2 Å². The quantitative estimate of drug-likeness (QED) is 0.823. The molecule has 0 spiro atoms. The summed E-state index contributed by atoms with van der Waals surface area (Å²) in [7, 11) is 0. The molecule has 4 nitrogen and oxygen atoms in total. The van der Waals surface area contributed by atoms with Crippen LogP contribution in [0.15, 0.2) is 24.3 Å². The van der Waals surface area contributed by atoms with Gasteiger partial charge >= 0.3 is 6.18 Å². The second-order valence-corrected chi connectivity index (χ2v) is 5.84. The van der Waals surface area contributed by atoms with Gasteiger partial charge in [-0.25, -0.2) is 4.68 Å². The first-order valence-electron chi connectivity index (χ1n) is 7.22. The lowest BCUT2D eigenvalue weighted by molar-refractivity contribution is -0.142. The molecule has 0 saturated carbocycles. The third-order valence-electron chi connectivity index (χ3n) is 3.84. The van der Waals surface area contributed by atoms with Crippen LogP contribution < -0.4 is 11.1 Å². The van der Waals surface area contributed by atoms with Crippen molar-refractivity contribution in [3.8, 4) is 5.69 Å². The summed E-state index contributed by atoms with van der Waals surface area (Å²) in [6.07, 6.45) is -1.90. The number of para-hydroxylation sites is 2. The van der Waals surface area contributed by atoms with E-state index >= 15 is 0 Å². The van der Waals surface area contributed by atoms with Crippen LogP contribution in [-0.2, 0) is 19.0 Å². The number of nitrogens with zero attached hydrogens (tertiary/aromatic N) is 2. The van der Waals surface area contributed by atoms with Gasteiger partial charge in [0.25, 0.3) is 0 Å². The number of aromatic nitrogens is 2. The van der Waals surface area contributed by atoms with Crippen molar-refractivity contribution in [2.24, 2.45) is 5.73 Å². The number of hydrogen-bond acceptors (Lipinski definition) is 2. The Morgan fingerprint density at radius 2 is 1.91 bits per heavy atom. The van der Waals surface area contributed by atoms with Crippen LogP contribution >= 0.6 is 12.2 Å². The topological polar surface area (TPSA) is 55.9 Å². The Hall–Kier alpha value is -2.09. The van der Waals surface area contributed by atoms with Crippen molar-refractivity contribution in [1.29, 1.82) is 0 Å². The molecule has 1 aliphatic carbocycles. The predicted molar refractivity (Wildman–Crippen MR) is 85.6 cm³/mol. The van der Waals surface area contributed by atoms with E-state index in [0.717, 1.165) is 12.8 Å². The molecule has 1 aliphatic rings. The van der Waals surface area contributed by atoms with Gasteiger partial charge in [-0.3, -0.25) is 0 Å². The third kappa shape index (κ3) is 3.03. The highest BCUT2D eigenvalue weighted by atomic mass is 32.1. The molecule has 2 aromatic rings. The van der Waals surface area contributed by atoms with Gasteiger partial charge in [0, 0.05) is 11.3 Å². The van der Waals surface area contributed by atoms with Crippen molar-refractivity contribution in [3.63, 3.8) is 0 Å². The summed E-state index contributed by atoms with van der Waals surface area (Å²) in [4.78, 5) is 0. The highest BCUT2D eigenvalue weighted by molar-refractivity contribution is 7.80. The van der Waals surface area contributed by atoms with Crippen LogP contribution in [0, 0.1) is 0 Å². The molecule has 0 radical (unpaired) electrons. The van der Waals surface area contributed by atoms with Gasteiger partial charge in [-0.15, -0.1) is 0 Å². The molecule has 23 heavy (non-hydrogen) atoms.